The number of hydrogen-bond acceptors (Lipinski definition) is 3. The van der Waals surface area contributed by atoms with Gasteiger partial charge in [-0.15, -0.1) is 0 Å². The fourth-order valence-electron chi connectivity index (χ4n) is 2.99. The van der Waals surface area contributed by atoms with Gasteiger partial charge in [-0.3, -0.25) is 9.59 Å². The molecular weight excluding hydrogens is 466 g/mol. The zero-order chi connectivity index (χ0) is 21.7. The van der Waals surface area contributed by atoms with Crippen LogP contribution in [0.1, 0.15) is 41.3 Å². The highest BCUT2D eigenvalue weighted by molar-refractivity contribution is 9.10. The Hall–Kier alpha value is -2.63. The van der Waals surface area contributed by atoms with Crippen molar-refractivity contribution in [2.24, 2.45) is 0 Å². The molecule has 0 saturated carbocycles. The van der Waals surface area contributed by atoms with Crippen molar-refractivity contribution in [1.82, 2.24) is 0 Å². The maximum Gasteiger partial charge on any atom is 0.262 e. The Morgan fingerprint density at radius 3 is 2.47 bits per heavy atom. The second-order valence-corrected chi connectivity index (χ2v) is 8.41. The van der Waals surface area contributed by atoms with Gasteiger partial charge < -0.3 is 10.1 Å². The molecule has 0 aliphatic rings. The van der Waals surface area contributed by atoms with Gasteiger partial charge >= 0.3 is 0 Å². The molecule has 0 atom stereocenters. The number of carbonyl (C=O) groups excluding carboxylic acids is 2. The van der Waals surface area contributed by atoms with Crippen LogP contribution in [-0.2, 0) is 4.79 Å². The maximum atomic E-state index is 12.9. The van der Waals surface area contributed by atoms with Crippen LogP contribution in [-0.4, -0.2) is 18.3 Å². The lowest BCUT2D eigenvalue weighted by Crippen LogP contribution is -2.22. The molecule has 0 bridgehead atoms. The van der Waals surface area contributed by atoms with Gasteiger partial charge in [0, 0.05) is 20.6 Å². The summed E-state index contributed by atoms with van der Waals surface area (Å²) in [7, 11) is 0. The molecule has 6 heteroatoms. The van der Waals surface area contributed by atoms with Crippen LogP contribution in [0.25, 0.3) is 0 Å². The summed E-state index contributed by atoms with van der Waals surface area (Å²) in [6, 6.07) is 19.3. The van der Waals surface area contributed by atoms with E-state index >= 15 is 0 Å². The van der Waals surface area contributed by atoms with Crippen LogP contribution < -0.4 is 10.1 Å². The molecule has 154 valence electrons. The lowest BCUT2D eigenvalue weighted by molar-refractivity contribution is -0.118. The van der Waals surface area contributed by atoms with Gasteiger partial charge in [-0.2, -0.15) is 0 Å². The van der Waals surface area contributed by atoms with Crippen LogP contribution in [0.5, 0.6) is 5.75 Å². The van der Waals surface area contributed by atoms with Gasteiger partial charge in [0.2, 0.25) is 0 Å². The van der Waals surface area contributed by atoms with Crippen LogP contribution >= 0.6 is 27.5 Å². The van der Waals surface area contributed by atoms with E-state index in [1.165, 1.54) is 0 Å². The highest BCUT2D eigenvalue weighted by atomic mass is 79.9. The van der Waals surface area contributed by atoms with Crippen LogP contribution in [0.15, 0.2) is 71.2 Å². The van der Waals surface area contributed by atoms with E-state index in [2.05, 4.69) is 35.1 Å². The summed E-state index contributed by atoms with van der Waals surface area (Å²) in [6.07, 6.45) is 0. The summed E-state index contributed by atoms with van der Waals surface area (Å²) in [5, 5.41) is 3.18. The van der Waals surface area contributed by atoms with E-state index in [1.807, 2.05) is 24.3 Å². The largest absolute Gasteiger partial charge is 0.483 e. The Kier molecular flexibility index (Phi) is 7.29. The molecule has 4 nitrogen and oxygen atoms in total. The van der Waals surface area contributed by atoms with E-state index < -0.39 is 0 Å². The van der Waals surface area contributed by atoms with Crippen molar-refractivity contribution in [3.05, 3.63) is 92.9 Å². The van der Waals surface area contributed by atoms with E-state index in [-0.39, 0.29) is 24.2 Å². The second kappa shape index (κ2) is 9.92. The lowest BCUT2D eigenvalue weighted by atomic mass is 10.0. The number of amides is 1. The average Bonchev–Trinajstić information content (AvgIpc) is 2.74. The minimum atomic E-state index is -0.364. The zero-order valence-electron chi connectivity index (χ0n) is 16.6. The maximum absolute atomic E-state index is 12.9. The molecule has 3 rings (SSSR count). The molecule has 1 amide bonds. The van der Waals surface area contributed by atoms with Crippen molar-refractivity contribution in [1.29, 1.82) is 0 Å². The monoisotopic (exact) mass is 485 g/mol. The van der Waals surface area contributed by atoms with Crippen molar-refractivity contribution in [3.63, 3.8) is 0 Å². The Labute approximate surface area is 189 Å². The molecule has 0 aliphatic heterocycles. The predicted molar refractivity (Wildman–Crippen MR) is 124 cm³/mol. The van der Waals surface area contributed by atoms with Crippen molar-refractivity contribution in [2.45, 2.75) is 19.8 Å². The van der Waals surface area contributed by atoms with Gasteiger partial charge in [0.25, 0.3) is 5.91 Å². The highest BCUT2D eigenvalue weighted by Gasteiger charge is 2.17. The highest BCUT2D eigenvalue weighted by Crippen LogP contribution is 2.30. The summed E-state index contributed by atoms with van der Waals surface area (Å²) in [6.45, 7) is 3.94. The summed E-state index contributed by atoms with van der Waals surface area (Å²) < 4.78 is 6.70. The van der Waals surface area contributed by atoms with Crippen LogP contribution in [0.2, 0.25) is 5.02 Å². The van der Waals surface area contributed by atoms with Gasteiger partial charge in [-0.05, 0) is 47.9 Å². The number of carbonyl (C=O) groups is 2. The second-order valence-electron chi connectivity index (χ2n) is 7.06. The third-order valence-corrected chi connectivity index (χ3v) is 5.22. The van der Waals surface area contributed by atoms with Gasteiger partial charge in [0.15, 0.2) is 12.4 Å². The van der Waals surface area contributed by atoms with E-state index in [4.69, 9.17) is 16.3 Å². The lowest BCUT2D eigenvalue weighted by Gasteiger charge is -2.15. The number of rotatable bonds is 7. The van der Waals surface area contributed by atoms with Gasteiger partial charge in [0.1, 0.15) is 5.75 Å². The Morgan fingerprint density at radius 2 is 1.77 bits per heavy atom. The molecule has 0 aliphatic carbocycles. The first-order chi connectivity index (χ1) is 14.3. The third kappa shape index (κ3) is 5.49. The Morgan fingerprint density at radius 1 is 1.03 bits per heavy atom. The summed E-state index contributed by atoms with van der Waals surface area (Å²) in [4.78, 5) is 25.4. The van der Waals surface area contributed by atoms with Crippen molar-refractivity contribution in [2.75, 3.05) is 11.9 Å². The third-order valence-electron chi connectivity index (χ3n) is 4.49. The van der Waals surface area contributed by atoms with E-state index in [9.17, 15) is 9.59 Å². The topological polar surface area (TPSA) is 55.4 Å². The Balaban J connectivity index is 1.76. The zero-order valence-corrected chi connectivity index (χ0v) is 19.0. The fourth-order valence-corrected chi connectivity index (χ4v) is 3.54. The van der Waals surface area contributed by atoms with E-state index in [1.54, 1.807) is 42.5 Å². The molecule has 0 saturated heterocycles. The SMILES string of the molecule is CC(C)c1cc(Br)ccc1OCC(=O)Nc1ccc(Cl)cc1C(=O)c1ccccc1. The Bertz CT molecular complexity index is 1070. The quantitative estimate of drug-likeness (QED) is 0.389. The molecule has 0 aromatic heterocycles. The molecular formula is C24H21BrClNO3. The van der Waals surface area contributed by atoms with Crippen molar-refractivity contribution < 1.29 is 14.3 Å². The van der Waals surface area contributed by atoms with Gasteiger partial charge in [-0.1, -0.05) is 71.7 Å². The molecule has 3 aromatic rings. The number of ether oxygens (including phenoxy) is 1. The predicted octanol–water partition coefficient (Wildman–Crippen LogP) is 6.47. The van der Waals surface area contributed by atoms with Crippen LogP contribution in [0, 0.1) is 0 Å². The molecule has 0 heterocycles. The molecule has 0 unspecified atom stereocenters. The van der Waals surface area contributed by atoms with Gasteiger partial charge in [0.05, 0.1) is 5.69 Å². The first-order valence-corrected chi connectivity index (χ1v) is 10.6. The summed E-state index contributed by atoms with van der Waals surface area (Å²) in [5.74, 6) is 0.313. The normalized spacial score (nSPS) is 10.7. The van der Waals surface area contributed by atoms with E-state index in [0.29, 0.717) is 27.6 Å². The molecule has 30 heavy (non-hydrogen) atoms. The number of nitrogens with one attached hydrogen (secondary N) is 1. The first kappa shape index (κ1) is 22.1. The molecule has 0 fully saturated rings. The van der Waals surface area contributed by atoms with E-state index in [0.717, 1.165) is 10.0 Å². The number of hydrogen-bond donors (Lipinski definition) is 1. The average molecular weight is 487 g/mol. The smallest absolute Gasteiger partial charge is 0.262 e. The molecule has 0 spiro atoms. The van der Waals surface area contributed by atoms with Gasteiger partial charge in [-0.25, -0.2) is 0 Å². The summed E-state index contributed by atoms with van der Waals surface area (Å²) in [5.41, 5.74) is 2.24. The summed E-state index contributed by atoms with van der Waals surface area (Å²) >= 11 is 9.55. The minimum Gasteiger partial charge on any atom is -0.483 e. The first-order valence-electron chi connectivity index (χ1n) is 9.46. The number of benzene rings is 3. The van der Waals surface area contributed by atoms with Crippen LogP contribution in [0.3, 0.4) is 0 Å². The number of anilines is 1. The number of ketones is 1. The molecule has 3 aromatic carbocycles. The van der Waals surface area contributed by atoms with Crippen molar-refractivity contribution >= 4 is 44.9 Å². The molecule has 1 N–H and O–H groups in total. The minimum absolute atomic E-state index is 0.178. The standard InChI is InChI=1S/C24H21BrClNO3/c1-15(2)19-12-17(25)8-11-22(19)30-14-23(28)27-21-10-9-18(26)13-20(21)24(29)16-6-4-3-5-7-16/h3-13,15H,14H2,1-2H3,(H,27,28). The fraction of sp³-hybridized carbons (Fsp3) is 0.167. The van der Waals surface area contributed by atoms with Crippen molar-refractivity contribution in [3.8, 4) is 5.75 Å². The van der Waals surface area contributed by atoms with Crippen LogP contribution in [0.4, 0.5) is 5.69 Å². The molecule has 0 radical (unpaired) electrons. The number of halogens is 2.